The van der Waals surface area contributed by atoms with Crippen LogP contribution in [0, 0.1) is 6.92 Å². The lowest BCUT2D eigenvalue weighted by molar-refractivity contribution is 0.0742. The number of piperidine rings is 1. The molecule has 0 unspecified atom stereocenters. The van der Waals surface area contributed by atoms with Crippen LogP contribution in [0.25, 0.3) is 17.1 Å². The van der Waals surface area contributed by atoms with Gasteiger partial charge in [0.05, 0.1) is 23.0 Å². The number of aliphatic hydroxyl groups excluding tert-OH is 1. The van der Waals surface area contributed by atoms with Crippen molar-refractivity contribution in [1.29, 1.82) is 0 Å². The zero-order chi connectivity index (χ0) is 22.8. The summed E-state index contributed by atoms with van der Waals surface area (Å²) in [4.78, 5) is 17.9. The fourth-order valence-electron chi connectivity index (χ4n) is 3.96. The fraction of sp³-hybridized carbons (Fsp3) is 0.304. The van der Waals surface area contributed by atoms with Crippen molar-refractivity contribution < 1.29 is 9.90 Å². The van der Waals surface area contributed by atoms with E-state index >= 15 is 0 Å². The number of aryl methyl sites for hydroxylation is 1. The Labute approximate surface area is 205 Å². The van der Waals surface area contributed by atoms with Crippen molar-refractivity contribution in [3.05, 3.63) is 67.9 Å². The van der Waals surface area contributed by atoms with Gasteiger partial charge in [-0.3, -0.25) is 14.8 Å². The average Bonchev–Trinajstić information content (AvgIpc) is 3.13. The van der Waals surface area contributed by atoms with Gasteiger partial charge in [0.15, 0.2) is 5.69 Å². The van der Waals surface area contributed by atoms with Crippen LogP contribution in [0.4, 0.5) is 0 Å². The van der Waals surface area contributed by atoms with Gasteiger partial charge in [-0.1, -0.05) is 45.6 Å². The summed E-state index contributed by atoms with van der Waals surface area (Å²) in [5.74, 6) is 0.112. The van der Waals surface area contributed by atoms with Crippen molar-refractivity contribution in [2.45, 2.75) is 32.8 Å². The molecular formula is C23H23BrCl2N4O2. The second-order valence-electron chi connectivity index (χ2n) is 7.77. The summed E-state index contributed by atoms with van der Waals surface area (Å²) in [6.07, 6.45) is 3.22. The summed E-state index contributed by atoms with van der Waals surface area (Å²) in [5, 5.41) is 13.1. The van der Waals surface area contributed by atoms with Crippen LogP contribution in [-0.4, -0.2) is 38.7 Å². The summed E-state index contributed by atoms with van der Waals surface area (Å²) in [6, 6.07) is 10.9. The molecule has 3 aromatic rings. The highest BCUT2D eigenvalue weighted by Gasteiger charge is 2.27. The van der Waals surface area contributed by atoms with E-state index in [0.717, 1.165) is 48.1 Å². The fourth-order valence-corrected chi connectivity index (χ4v) is 4.93. The SMILES string of the molecule is Cc1cc(Br)ccc1-n1c(-c2ccc(Cl)cc2Cl)nc(C(=O)NN2CCCCC2)c1CO. The maximum Gasteiger partial charge on any atom is 0.286 e. The van der Waals surface area contributed by atoms with Gasteiger partial charge in [-0.25, -0.2) is 9.99 Å². The summed E-state index contributed by atoms with van der Waals surface area (Å²) in [6.45, 7) is 3.18. The number of carbonyl (C=O) groups excluding carboxylic acids is 1. The van der Waals surface area contributed by atoms with Gasteiger partial charge in [0.1, 0.15) is 5.82 Å². The Morgan fingerprint density at radius 2 is 1.91 bits per heavy atom. The minimum atomic E-state index is -0.365. The van der Waals surface area contributed by atoms with Crippen molar-refractivity contribution in [3.63, 3.8) is 0 Å². The number of imidazole rings is 1. The second kappa shape index (κ2) is 9.93. The highest BCUT2D eigenvalue weighted by Crippen LogP contribution is 2.34. The zero-order valence-corrected chi connectivity index (χ0v) is 20.6. The monoisotopic (exact) mass is 536 g/mol. The molecular weight excluding hydrogens is 515 g/mol. The molecule has 0 atom stereocenters. The molecule has 0 bridgehead atoms. The maximum absolute atomic E-state index is 13.2. The molecule has 1 saturated heterocycles. The van der Waals surface area contributed by atoms with Crippen LogP contribution in [0.15, 0.2) is 40.9 Å². The van der Waals surface area contributed by atoms with Gasteiger partial charge in [0.25, 0.3) is 5.91 Å². The van der Waals surface area contributed by atoms with Crippen molar-refractivity contribution in [1.82, 2.24) is 20.0 Å². The normalized spacial score (nSPS) is 14.5. The standard InChI is InChI=1S/C23H23BrCl2N4O2/c1-14-11-15(24)5-8-19(14)30-20(13-31)21(23(32)28-29-9-3-2-4-10-29)27-22(30)17-7-6-16(25)12-18(17)26/h5-8,11-12,31H,2-4,9-10,13H2,1H3,(H,28,32). The Hall–Kier alpha value is -1.90. The third-order valence-electron chi connectivity index (χ3n) is 5.53. The predicted octanol–water partition coefficient (Wildman–Crippen LogP) is 5.54. The van der Waals surface area contributed by atoms with Gasteiger partial charge in [-0.15, -0.1) is 0 Å². The van der Waals surface area contributed by atoms with Crippen LogP contribution in [0.1, 0.15) is 41.0 Å². The van der Waals surface area contributed by atoms with E-state index in [9.17, 15) is 9.90 Å². The van der Waals surface area contributed by atoms with E-state index in [1.807, 2.05) is 30.1 Å². The predicted molar refractivity (Wildman–Crippen MR) is 130 cm³/mol. The summed E-state index contributed by atoms with van der Waals surface area (Å²) >= 11 is 16.1. The van der Waals surface area contributed by atoms with E-state index in [4.69, 9.17) is 23.2 Å². The van der Waals surface area contributed by atoms with Crippen LogP contribution >= 0.6 is 39.1 Å². The van der Waals surface area contributed by atoms with Crippen LogP contribution in [0.5, 0.6) is 0 Å². The summed E-state index contributed by atoms with van der Waals surface area (Å²) < 4.78 is 2.72. The highest BCUT2D eigenvalue weighted by molar-refractivity contribution is 9.10. The number of hydrogen-bond acceptors (Lipinski definition) is 4. The maximum atomic E-state index is 13.2. The minimum absolute atomic E-state index is 0.168. The van der Waals surface area contributed by atoms with Crippen molar-refractivity contribution in [2.75, 3.05) is 13.1 Å². The zero-order valence-electron chi connectivity index (χ0n) is 17.5. The Bertz CT molecular complexity index is 1160. The van der Waals surface area contributed by atoms with E-state index in [2.05, 4.69) is 26.3 Å². The lowest BCUT2D eigenvalue weighted by atomic mass is 10.1. The number of rotatable bonds is 5. The topological polar surface area (TPSA) is 70.4 Å². The molecule has 0 spiro atoms. The molecule has 1 aliphatic rings. The van der Waals surface area contributed by atoms with E-state index in [1.165, 1.54) is 0 Å². The van der Waals surface area contributed by atoms with Crippen molar-refractivity contribution in [3.8, 4) is 17.1 Å². The number of hydrogen-bond donors (Lipinski definition) is 2. The van der Waals surface area contributed by atoms with Crippen LogP contribution in [-0.2, 0) is 6.61 Å². The first-order chi connectivity index (χ1) is 15.4. The van der Waals surface area contributed by atoms with E-state index in [-0.39, 0.29) is 18.2 Å². The van der Waals surface area contributed by atoms with E-state index in [1.54, 1.807) is 22.8 Å². The molecule has 4 rings (SSSR count). The molecule has 1 aromatic heterocycles. The molecule has 168 valence electrons. The lowest BCUT2D eigenvalue weighted by Crippen LogP contribution is -2.45. The summed E-state index contributed by atoms with van der Waals surface area (Å²) in [7, 11) is 0. The lowest BCUT2D eigenvalue weighted by Gasteiger charge is -2.26. The number of aliphatic hydroxyl groups is 1. The van der Waals surface area contributed by atoms with Crippen molar-refractivity contribution in [2.24, 2.45) is 0 Å². The number of nitrogens with zero attached hydrogens (tertiary/aromatic N) is 3. The van der Waals surface area contributed by atoms with E-state index < -0.39 is 0 Å². The quantitative estimate of drug-likeness (QED) is 0.448. The van der Waals surface area contributed by atoms with E-state index in [0.29, 0.717) is 27.1 Å². The molecule has 2 N–H and O–H groups in total. The third-order valence-corrected chi connectivity index (χ3v) is 6.57. The molecule has 6 nitrogen and oxygen atoms in total. The second-order valence-corrected chi connectivity index (χ2v) is 9.53. The molecule has 1 aliphatic heterocycles. The molecule has 32 heavy (non-hydrogen) atoms. The number of hydrazine groups is 1. The Morgan fingerprint density at radius 3 is 2.56 bits per heavy atom. The average molecular weight is 538 g/mol. The van der Waals surface area contributed by atoms with Gasteiger partial charge >= 0.3 is 0 Å². The Balaban J connectivity index is 1.88. The smallest absolute Gasteiger partial charge is 0.286 e. The van der Waals surface area contributed by atoms with Gasteiger partial charge in [-0.05, 0) is 61.7 Å². The number of benzene rings is 2. The molecule has 0 saturated carbocycles. The third kappa shape index (κ3) is 4.72. The Morgan fingerprint density at radius 1 is 1.16 bits per heavy atom. The van der Waals surface area contributed by atoms with Gasteiger partial charge in [0, 0.05) is 28.1 Å². The number of amides is 1. The van der Waals surface area contributed by atoms with Crippen LogP contribution < -0.4 is 5.43 Å². The summed E-state index contributed by atoms with van der Waals surface area (Å²) in [5.41, 5.74) is 5.86. The molecule has 2 heterocycles. The molecule has 2 aromatic carbocycles. The first-order valence-electron chi connectivity index (χ1n) is 10.4. The molecule has 9 heteroatoms. The number of nitrogens with one attached hydrogen (secondary N) is 1. The van der Waals surface area contributed by atoms with Gasteiger partial charge in [0.2, 0.25) is 0 Å². The molecule has 1 fully saturated rings. The molecule has 0 aliphatic carbocycles. The molecule has 0 radical (unpaired) electrons. The number of carbonyl (C=O) groups is 1. The first kappa shape index (κ1) is 23.3. The van der Waals surface area contributed by atoms with Gasteiger partial charge in [-0.2, -0.15) is 0 Å². The largest absolute Gasteiger partial charge is 0.390 e. The van der Waals surface area contributed by atoms with Crippen LogP contribution in [0.3, 0.4) is 0 Å². The first-order valence-corrected chi connectivity index (χ1v) is 11.9. The van der Waals surface area contributed by atoms with Crippen LogP contribution in [0.2, 0.25) is 10.0 Å². The van der Waals surface area contributed by atoms with Gasteiger partial charge < -0.3 is 5.11 Å². The molecule has 1 amide bonds. The number of halogens is 3. The van der Waals surface area contributed by atoms with Crippen molar-refractivity contribution >= 4 is 45.0 Å². The number of aromatic nitrogens is 2. The minimum Gasteiger partial charge on any atom is -0.390 e. The highest BCUT2D eigenvalue weighted by atomic mass is 79.9. The Kier molecular flexibility index (Phi) is 7.22.